The molecule has 0 atom stereocenters. The molecule has 0 aliphatic carbocycles. The Hall–Kier alpha value is -2.81. The number of nitrogens with zero attached hydrogens (tertiary/aromatic N) is 4. The number of sulfone groups is 1. The molecule has 136 valence electrons. The van der Waals surface area contributed by atoms with E-state index in [1.54, 1.807) is 24.4 Å². The highest BCUT2D eigenvalue weighted by Gasteiger charge is 2.20. The maximum atomic E-state index is 12.7. The summed E-state index contributed by atoms with van der Waals surface area (Å²) in [5, 5.41) is 6.78. The van der Waals surface area contributed by atoms with Crippen molar-refractivity contribution in [1.82, 2.24) is 19.6 Å². The van der Waals surface area contributed by atoms with Gasteiger partial charge in [-0.15, -0.1) is 0 Å². The van der Waals surface area contributed by atoms with Crippen molar-refractivity contribution in [1.29, 1.82) is 0 Å². The van der Waals surface area contributed by atoms with E-state index in [0.717, 1.165) is 19.1 Å². The monoisotopic (exact) mass is 373 g/mol. The van der Waals surface area contributed by atoms with E-state index in [1.165, 1.54) is 16.6 Å². The van der Waals surface area contributed by atoms with Crippen LogP contribution in [0.4, 0.5) is 5.95 Å². The van der Waals surface area contributed by atoms with Crippen LogP contribution in [0.5, 0.6) is 0 Å². The minimum absolute atomic E-state index is 0.0329. The Morgan fingerprint density at radius 1 is 1.19 bits per heavy atom. The van der Waals surface area contributed by atoms with E-state index in [-0.39, 0.29) is 16.4 Å². The van der Waals surface area contributed by atoms with E-state index in [0.29, 0.717) is 17.9 Å². The number of amides is 1. The van der Waals surface area contributed by atoms with Gasteiger partial charge in [0.2, 0.25) is 5.95 Å². The summed E-state index contributed by atoms with van der Waals surface area (Å²) >= 11 is 0. The average molecular weight is 373 g/mol. The molecule has 9 heteroatoms. The van der Waals surface area contributed by atoms with Gasteiger partial charge in [0.1, 0.15) is 5.82 Å². The number of fused-ring (bicyclic) bond motifs is 1. The number of carbonyl (C=O) groups excluding carboxylic acids is 1. The first-order valence-corrected chi connectivity index (χ1v) is 10.1. The van der Waals surface area contributed by atoms with Crippen LogP contribution in [0.3, 0.4) is 0 Å². The van der Waals surface area contributed by atoms with Gasteiger partial charge in [0, 0.05) is 18.7 Å². The lowest BCUT2D eigenvalue weighted by Gasteiger charge is -2.10. The molecular formula is C17H19N5O3S. The minimum Gasteiger partial charge on any atom is -0.290 e. The molecule has 1 amide bonds. The Labute approximate surface area is 151 Å². The summed E-state index contributed by atoms with van der Waals surface area (Å²) < 4.78 is 25.3. The van der Waals surface area contributed by atoms with Gasteiger partial charge < -0.3 is 0 Å². The summed E-state index contributed by atoms with van der Waals surface area (Å²) in [4.78, 5) is 21.5. The highest BCUT2D eigenvalue weighted by molar-refractivity contribution is 7.90. The summed E-state index contributed by atoms with van der Waals surface area (Å²) in [6.45, 7) is 2.07. The van der Waals surface area contributed by atoms with Crippen LogP contribution in [0.1, 0.15) is 35.9 Å². The van der Waals surface area contributed by atoms with E-state index >= 15 is 0 Å². The van der Waals surface area contributed by atoms with Crippen LogP contribution in [-0.4, -0.2) is 40.2 Å². The van der Waals surface area contributed by atoms with Crippen molar-refractivity contribution < 1.29 is 13.2 Å². The second-order valence-electron chi connectivity index (χ2n) is 5.89. The van der Waals surface area contributed by atoms with Crippen LogP contribution in [0.25, 0.3) is 5.65 Å². The molecule has 0 radical (unpaired) electrons. The molecular weight excluding hydrogens is 354 g/mol. The predicted molar refractivity (Wildman–Crippen MR) is 96.9 cm³/mol. The van der Waals surface area contributed by atoms with Gasteiger partial charge >= 0.3 is 0 Å². The smallest absolute Gasteiger partial charge is 0.259 e. The number of benzene rings is 1. The minimum atomic E-state index is -3.54. The third-order valence-corrected chi connectivity index (χ3v) is 4.97. The third kappa shape index (κ3) is 3.72. The van der Waals surface area contributed by atoms with Crippen LogP contribution in [0.15, 0.2) is 41.4 Å². The predicted octanol–water partition coefficient (Wildman–Crippen LogP) is 2.12. The average Bonchev–Trinajstić information content (AvgIpc) is 3.08. The maximum Gasteiger partial charge on any atom is 0.259 e. The second kappa shape index (κ2) is 7.20. The lowest BCUT2D eigenvalue weighted by Crippen LogP contribution is -2.20. The molecule has 0 bridgehead atoms. The van der Waals surface area contributed by atoms with Crippen LogP contribution in [0, 0.1) is 0 Å². The number of nitrogens with one attached hydrogen (secondary N) is 1. The van der Waals surface area contributed by atoms with E-state index in [9.17, 15) is 13.2 Å². The van der Waals surface area contributed by atoms with Crippen LogP contribution < -0.4 is 5.32 Å². The normalized spacial score (nSPS) is 11.6. The number of unbranched alkanes of at least 4 members (excludes halogenated alkanes) is 1. The second-order valence-corrected chi connectivity index (χ2v) is 7.87. The summed E-state index contributed by atoms with van der Waals surface area (Å²) in [5.74, 6) is 0.244. The molecule has 0 aliphatic rings. The van der Waals surface area contributed by atoms with Crippen molar-refractivity contribution in [3.05, 3.63) is 47.9 Å². The van der Waals surface area contributed by atoms with Crippen molar-refractivity contribution >= 4 is 27.3 Å². The molecule has 0 aliphatic heterocycles. The molecule has 1 aromatic carbocycles. The summed E-state index contributed by atoms with van der Waals surface area (Å²) in [6.07, 6.45) is 5.24. The summed E-state index contributed by atoms with van der Waals surface area (Å²) in [7, 11) is -3.54. The fourth-order valence-electron chi connectivity index (χ4n) is 2.55. The fraction of sp³-hybridized carbons (Fsp3) is 0.294. The van der Waals surface area contributed by atoms with Crippen molar-refractivity contribution in [2.24, 2.45) is 0 Å². The molecule has 0 spiro atoms. The Morgan fingerprint density at radius 3 is 2.69 bits per heavy atom. The number of hydrogen-bond donors (Lipinski definition) is 1. The van der Waals surface area contributed by atoms with E-state index in [4.69, 9.17) is 0 Å². The van der Waals surface area contributed by atoms with Gasteiger partial charge in [-0.2, -0.15) is 14.6 Å². The quantitative estimate of drug-likeness (QED) is 0.709. The number of aromatic nitrogens is 4. The highest BCUT2D eigenvalue weighted by atomic mass is 32.2. The third-order valence-electron chi connectivity index (χ3n) is 3.81. The number of hydrogen-bond acceptors (Lipinski definition) is 6. The summed E-state index contributed by atoms with van der Waals surface area (Å²) in [5.41, 5.74) is 0.627. The number of carbonyl (C=O) groups is 1. The van der Waals surface area contributed by atoms with Gasteiger partial charge in [0.25, 0.3) is 5.91 Å². The first-order chi connectivity index (χ1) is 12.4. The van der Waals surface area contributed by atoms with Crippen LogP contribution >= 0.6 is 0 Å². The van der Waals surface area contributed by atoms with Crippen molar-refractivity contribution in [2.75, 3.05) is 11.6 Å². The van der Waals surface area contributed by atoms with Crippen LogP contribution in [-0.2, 0) is 16.3 Å². The van der Waals surface area contributed by atoms with Gasteiger partial charge in [0.05, 0.1) is 16.7 Å². The van der Waals surface area contributed by atoms with Crippen molar-refractivity contribution in [3.63, 3.8) is 0 Å². The highest BCUT2D eigenvalue weighted by Crippen LogP contribution is 2.17. The maximum absolute atomic E-state index is 12.7. The molecule has 0 saturated heterocycles. The molecule has 3 rings (SSSR count). The molecule has 2 heterocycles. The standard InChI is InChI=1S/C17H19N5O3S/c1-3-4-9-14-19-15-10-11-18-22(15)17(20-14)21-16(23)12-7-5-6-8-13(12)26(2,24)25/h5-8,10-11H,3-4,9H2,1-2H3,(H,19,20,21,23). The molecule has 0 unspecified atom stereocenters. The molecule has 26 heavy (non-hydrogen) atoms. The summed E-state index contributed by atoms with van der Waals surface area (Å²) in [6, 6.07) is 7.77. The van der Waals surface area contributed by atoms with E-state index in [2.05, 4.69) is 27.3 Å². The zero-order valence-electron chi connectivity index (χ0n) is 14.5. The first-order valence-electron chi connectivity index (χ1n) is 8.21. The Bertz CT molecular complexity index is 1060. The SMILES string of the molecule is CCCCc1nc(NC(=O)c2ccccc2S(C)(=O)=O)n2nccc2n1. The first kappa shape index (κ1) is 18.0. The zero-order valence-corrected chi connectivity index (χ0v) is 15.3. The Balaban J connectivity index is 1.99. The zero-order chi connectivity index (χ0) is 18.7. The van der Waals surface area contributed by atoms with Gasteiger partial charge in [-0.25, -0.2) is 13.4 Å². The lowest BCUT2D eigenvalue weighted by molar-refractivity contribution is 0.102. The molecule has 2 aromatic heterocycles. The van der Waals surface area contributed by atoms with Crippen LogP contribution in [0.2, 0.25) is 0 Å². The number of rotatable bonds is 6. The van der Waals surface area contributed by atoms with Gasteiger partial charge in [0.15, 0.2) is 15.5 Å². The van der Waals surface area contributed by atoms with E-state index < -0.39 is 15.7 Å². The van der Waals surface area contributed by atoms with Gasteiger partial charge in [-0.05, 0) is 18.6 Å². The molecule has 0 saturated carbocycles. The lowest BCUT2D eigenvalue weighted by atomic mass is 10.2. The Morgan fingerprint density at radius 2 is 1.96 bits per heavy atom. The Kier molecular flexibility index (Phi) is 4.99. The topological polar surface area (TPSA) is 106 Å². The van der Waals surface area contributed by atoms with E-state index in [1.807, 2.05) is 0 Å². The molecule has 0 fully saturated rings. The molecule has 1 N–H and O–H groups in total. The van der Waals surface area contributed by atoms with Gasteiger partial charge in [-0.1, -0.05) is 25.5 Å². The fourth-order valence-corrected chi connectivity index (χ4v) is 3.43. The molecule has 3 aromatic rings. The van der Waals surface area contributed by atoms with Crippen molar-refractivity contribution in [2.45, 2.75) is 31.1 Å². The van der Waals surface area contributed by atoms with Gasteiger partial charge in [-0.3, -0.25) is 10.1 Å². The van der Waals surface area contributed by atoms with Crippen molar-refractivity contribution in [3.8, 4) is 0 Å². The molecule has 8 nitrogen and oxygen atoms in total. The number of anilines is 1. The number of aryl methyl sites for hydroxylation is 1. The largest absolute Gasteiger partial charge is 0.290 e.